The van der Waals surface area contributed by atoms with Gasteiger partial charge in [-0.05, 0) is 49.7 Å². The molecule has 0 atom stereocenters. The van der Waals surface area contributed by atoms with Gasteiger partial charge in [0.15, 0.2) is 0 Å². The summed E-state index contributed by atoms with van der Waals surface area (Å²) in [5.74, 6) is 2.28. The number of amides is 1. The van der Waals surface area contributed by atoms with Crippen molar-refractivity contribution in [1.29, 1.82) is 0 Å². The van der Waals surface area contributed by atoms with Crippen LogP contribution in [-0.4, -0.2) is 37.3 Å². The predicted molar refractivity (Wildman–Crippen MR) is 102 cm³/mol. The van der Waals surface area contributed by atoms with E-state index in [2.05, 4.69) is 6.92 Å². The summed E-state index contributed by atoms with van der Waals surface area (Å²) >= 11 is 0. The Bertz CT molecular complexity index is 643. The molecule has 0 N–H and O–H groups in total. The topological polar surface area (TPSA) is 48.0 Å². The third-order valence-corrected chi connectivity index (χ3v) is 3.74. The number of hydrogen-bond acceptors (Lipinski definition) is 4. The monoisotopic (exact) mass is 357 g/mol. The molecule has 2 rings (SSSR count). The molecule has 5 nitrogen and oxygen atoms in total. The van der Waals surface area contributed by atoms with Crippen molar-refractivity contribution in [3.63, 3.8) is 0 Å². The van der Waals surface area contributed by atoms with Gasteiger partial charge in [0.2, 0.25) is 0 Å². The number of hydrogen-bond donors (Lipinski definition) is 0. The van der Waals surface area contributed by atoms with E-state index in [4.69, 9.17) is 14.2 Å². The van der Waals surface area contributed by atoms with E-state index in [-0.39, 0.29) is 6.09 Å². The molecule has 0 saturated heterocycles. The van der Waals surface area contributed by atoms with E-state index in [1.165, 1.54) is 0 Å². The predicted octanol–water partition coefficient (Wildman–Crippen LogP) is 5.12. The lowest BCUT2D eigenvalue weighted by molar-refractivity contribution is 0.0998. The zero-order valence-electron chi connectivity index (χ0n) is 15.5. The van der Waals surface area contributed by atoms with Gasteiger partial charge < -0.3 is 19.1 Å². The molecule has 0 aliphatic rings. The summed E-state index contributed by atoms with van der Waals surface area (Å²) in [5.41, 5.74) is 0. The number of carbonyl (C=O) groups excluding carboxylic acids is 1. The number of rotatable bonds is 10. The number of nitrogens with zero attached hydrogens (tertiary/aromatic N) is 1. The highest BCUT2D eigenvalue weighted by atomic mass is 16.6. The van der Waals surface area contributed by atoms with Crippen LogP contribution in [0.15, 0.2) is 54.6 Å². The number of ether oxygens (including phenoxy) is 3. The van der Waals surface area contributed by atoms with Crippen LogP contribution in [-0.2, 0) is 4.74 Å². The van der Waals surface area contributed by atoms with Gasteiger partial charge in [-0.25, -0.2) is 4.79 Å². The fraction of sp³-hybridized carbons (Fsp3) is 0.381. The average molecular weight is 357 g/mol. The Morgan fingerprint density at radius 2 is 1.54 bits per heavy atom. The number of benzene rings is 2. The van der Waals surface area contributed by atoms with Crippen molar-refractivity contribution in [3.8, 4) is 17.2 Å². The fourth-order valence-electron chi connectivity index (χ4n) is 2.36. The minimum Gasteiger partial charge on any atom is -0.492 e. The SMILES string of the molecule is CCCCN(CCOc1ccc(Oc2ccccc2)cc1)C(=O)OCC. The molecule has 2 aromatic rings. The van der Waals surface area contributed by atoms with Crippen LogP contribution in [0, 0.1) is 0 Å². The molecule has 1 amide bonds. The summed E-state index contributed by atoms with van der Waals surface area (Å²) in [5, 5.41) is 0. The molecule has 26 heavy (non-hydrogen) atoms. The van der Waals surface area contributed by atoms with Crippen molar-refractivity contribution in [2.75, 3.05) is 26.3 Å². The largest absolute Gasteiger partial charge is 0.492 e. The highest BCUT2D eigenvalue weighted by Crippen LogP contribution is 2.23. The minimum atomic E-state index is -0.281. The van der Waals surface area contributed by atoms with E-state index in [0.717, 1.165) is 30.1 Å². The molecule has 0 aliphatic carbocycles. The number of para-hydroxylation sites is 1. The normalized spacial score (nSPS) is 10.2. The first-order chi connectivity index (χ1) is 12.7. The van der Waals surface area contributed by atoms with Crippen LogP contribution in [0.3, 0.4) is 0 Å². The van der Waals surface area contributed by atoms with E-state index in [0.29, 0.717) is 26.3 Å². The Morgan fingerprint density at radius 3 is 2.19 bits per heavy atom. The van der Waals surface area contributed by atoms with Crippen LogP contribution in [0.4, 0.5) is 4.79 Å². The van der Waals surface area contributed by atoms with Gasteiger partial charge in [-0.15, -0.1) is 0 Å². The zero-order valence-corrected chi connectivity index (χ0v) is 15.5. The summed E-state index contributed by atoms with van der Waals surface area (Å²) < 4.78 is 16.6. The molecular formula is C21H27NO4. The van der Waals surface area contributed by atoms with Crippen LogP contribution in [0.5, 0.6) is 17.2 Å². The molecule has 0 aliphatic heterocycles. The van der Waals surface area contributed by atoms with Crippen molar-refractivity contribution in [1.82, 2.24) is 4.90 Å². The summed E-state index contributed by atoms with van der Waals surface area (Å²) in [6.07, 6.45) is 1.69. The van der Waals surface area contributed by atoms with Gasteiger partial charge in [0.05, 0.1) is 13.2 Å². The molecule has 0 heterocycles. The van der Waals surface area contributed by atoms with Gasteiger partial charge in [0, 0.05) is 6.54 Å². The van der Waals surface area contributed by atoms with Crippen LogP contribution < -0.4 is 9.47 Å². The minimum absolute atomic E-state index is 0.281. The van der Waals surface area contributed by atoms with E-state index < -0.39 is 0 Å². The van der Waals surface area contributed by atoms with Crippen LogP contribution in [0.25, 0.3) is 0 Å². The molecular weight excluding hydrogens is 330 g/mol. The molecule has 0 fully saturated rings. The third-order valence-electron chi connectivity index (χ3n) is 3.74. The molecule has 0 aromatic heterocycles. The Morgan fingerprint density at radius 1 is 0.885 bits per heavy atom. The first-order valence-electron chi connectivity index (χ1n) is 9.10. The summed E-state index contributed by atoms with van der Waals surface area (Å²) in [4.78, 5) is 13.6. The lowest BCUT2D eigenvalue weighted by atomic mass is 10.3. The first-order valence-corrected chi connectivity index (χ1v) is 9.10. The lowest BCUT2D eigenvalue weighted by Crippen LogP contribution is -2.35. The van der Waals surface area contributed by atoms with Crippen LogP contribution in [0.1, 0.15) is 26.7 Å². The maximum absolute atomic E-state index is 11.9. The van der Waals surface area contributed by atoms with Gasteiger partial charge in [-0.1, -0.05) is 31.5 Å². The van der Waals surface area contributed by atoms with Gasteiger partial charge in [0.25, 0.3) is 0 Å². The van der Waals surface area contributed by atoms with Crippen molar-refractivity contribution >= 4 is 6.09 Å². The second-order valence-corrected chi connectivity index (χ2v) is 5.77. The van der Waals surface area contributed by atoms with Crippen LogP contribution in [0.2, 0.25) is 0 Å². The summed E-state index contributed by atoms with van der Waals surface area (Å²) in [7, 11) is 0. The first kappa shape index (κ1) is 19.6. The Balaban J connectivity index is 1.81. The van der Waals surface area contributed by atoms with Gasteiger partial charge >= 0.3 is 6.09 Å². The van der Waals surface area contributed by atoms with Crippen LogP contribution >= 0.6 is 0 Å². The van der Waals surface area contributed by atoms with Gasteiger partial charge in [-0.2, -0.15) is 0 Å². The molecule has 0 unspecified atom stereocenters. The molecule has 2 aromatic carbocycles. The lowest BCUT2D eigenvalue weighted by Gasteiger charge is -2.21. The quantitative estimate of drug-likeness (QED) is 0.592. The highest BCUT2D eigenvalue weighted by molar-refractivity contribution is 5.67. The average Bonchev–Trinajstić information content (AvgIpc) is 2.67. The van der Waals surface area contributed by atoms with Gasteiger partial charge in [-0.3, -0.25) is 0 Å². The Labute approximate surface area is 155 Å². The van der Waals surface area contributed by atoms with Gasteiger partial charge in [0.1, 0.15) is 23.9 Å². The molecule has 0 saturated carbocycles. The molecule has 140 valence electrons. The van der Waals surface area contributed by atoms with Crippen molar-refractivity contribution < 1.29 is 19.0 Å². The molecule has 0 bridgehead atoms. The Kier molecular flexibility index (Phi) is 8.33. The van der Waals surface area contributed by atoms with Crippen molar-refractivity contribution in [2.45, 2.75) is 26.7 Å². The number of unbranched alkanes of at least 4 members (excludes halogenated alkanes) is 1. The smallest absolute Gasteiger partial charge is 0.409 e. The highest BCUT2D eigenvalue weighted by Gasteiger charge is 2.13. The second-order valence-electron chi connectivity index (χ2n) is 5.77. The summed E-state index contributed by atoms with van der Waals surface area (Å²) in [6, 6.07) is 17.1. The maximum atomic E-state index is 11.9. The number of carbonyl (C=O) groups is 1. The third kappa shape index (κ3) is 6.67. The standard InChI is InChI=1S/C21H27NO4/c1-3-5-15-22(21(23)24-4-2)16-17-25-18-11-13-20(14-12-18)26-19-9-7-6-8-10-19/h6-14H,3-5,15-17H2,1-2H3. The molecule has 0 radical (unpaired) electrons. The maximum Gasteiger partial charge on any atom is 0.409 e. The van der Waals surface area contributed by atoms with Crippen molar-refractivity contribution in [2.24, 2.45) is 0 Å². The summed E-state index contributed by atoms with van der Waals surface area (Å²) in [6.45, 7) is 5.89. The van der Waals surface area contributed by atoms with E-state index in [9.17, 15) is 4.79 Å². The van der Waals surface area contributed by atoms with E-state index in [1.807, 2.05) is 61.5 Å². The molecule has 5 heteroatoms. The fourth-order valence-corrected chi connectivity index (χ4v) is 2.36. The Hall–Kier alpha value is -2.69. The molecule has 0 spiro atoms. The zero-order chi connectivity index (χ0) is 18.6. The van der Waals surface area contributed by atoms with Crippen molar-refractivity contribution in [3.05, 3.63) is 54.6 Å². The second kappa shape index (κ2) is 11.0. The van der Waals surface area contributed by atoms with E-state index >= 15 is 0 Å². The van der Waals surface area contributed by atoms with E-state index in [1.54, 1.807) is 4.90 Å².